The van der Waals surface area contributed by atoms with Crippen molar-refractivity contribution in [1.29, 1.82) is 0 Å². The highest BCUT2D eigenvalue weighted by atomic mass is 19.4. The van der Waals surface area contributed by atoms with Crippen molar-refractivity contribution < 1.29 is 32.6 Å². The molecule has 1 atom stereocenters. The average molecular weight is 258 g/mol. The third kappa shape index (κ3) is 11.0. The van der Waals surface area contributed by atoms with Crippen LogP contribution in [-0.2, 0) is 14.3 Å². The molecule has 17 heavy (non-hydrogen) atoms. The maximum atomic E-state index is 10.9. The number of esters is 1. The SMILES string of the molecule is CCCC(C)C(=O)OCC.O=C(O)C(F)(F)F. The van der Waals surface area contributed by atoms with Crippen LogP contribution in [0.2, 0.25) is 0 Å². The molecule has 0 aromatic rings. The number of alkyl halides is 3. The lowest BCUT2D eigenvalue weighted by Gasteiger charge is -2.07. The molecule has 0 aliphatic rings. The summed E-state index contributed by atoms with van der Waals surface area (Å²) < 4.78 is 36.6. The summed E-state index contributed by atoms with van der Waals surface area (Å²) in [5.41, 5.74) is 0. The quantitative estimate of drug-likeness (QED) is 0.787. The maximum absolute atomic E-state index is 10.9. The number of carboxylic acid groups (broad SMARTS) is 1. The fraction of sp³-hybridized carbons (Fsp3) is 0.800. The van der Waals surface area contributed by atoms with Crippen LogP contribution in [0.1, 0.15) is 33.6 Å². The second-order valence-corrected chi connectivity index (χ2v) is 3.24. The summed E-state index contributed by atoms with van der Waals surface area (Å²) in [6.45, 7) is 6.29. The number of ether oxygens (including phenoxy) is 1. The minimum absolute atomic E-state index is 0.0654. The van der Waals surface area contributed by atoms with Crippen LogP contribution in [0.15, 0.2) is 0 Å². The van der Waals surface area contributed by atoms with Crippen molar-refractivity contribution in [1.82, 2.24) is 0 Å². The van der Waals surface area contributed by atoms with Crippen LogP contribution in [0.3, 0.4) is 0 Å². The lowest BCUT2D eigenvalue weighted by Crippen LogP contribution is -2.21. The van der Waals surface area contributed by atoms with E-state index in [4.69, 9.17) is 14.6 Å². The summed E-state index contributed by atoms with van der Waals surface area (Å²) in [5, 5.41) is 7.12. The van der Waals surface area contributed by atoms with Crippen molar-refractivity contribution >= 4 is 11.9 Å². The molecule has 0 amide bonds. The standard InChI is InChI=1S/C8H16O2.C2HF3O2/c1-4-6-7(3)8(9)10-5-2;3-2(4,5)1(6)7/h7H,4-6H2,1-3H3;(H,6,7). The van der Waals surface area contributed by atoms with Gasteiger partial charge >= 0.3 is 18.1 Å². The van der Waals surface area contributed by atoms with Gasteiger partial charge in [0.25, 0.3) is 0 Å². The molecule has 1 N–H and O–H groups in total. The lowest BCUT2D eigenvalue weighted by molar-refractivity contribution is -0.192. The molecule has 0 saturated carbocycles. The topological polar surface area (TPSA) is 63.6 Å². The Morgan fingerprint density at radius 1 is 1.29 bits per heavy atom. The van der Waals surface area contributed by atoms with Gasteiger partial charge in [0.05, 0.1) is 12.5 Å². The van der Waals surface area contributed by atoms with Crippen molar-refractivity contribution in [3.8, 4) is 0 Å². The van der Waals surface area contributed by atoms with Gasteiger partial charge in [-0.25, -0.2) is 4.79 Å². The first kappa shape index (κ1) is 18.1. The Balaban J connectivity index is 0. The van der Waals surface area contributed by atoms with E-state index in [1.165, 1.54) is 0 Å². The molecular formula is C10H17F3O4. The Kier molecular flexibility index (Phi) is 9.41. The van der Waals surface area contributed by atoms with E-state index in [0.717, 1.165) is 12.8 Å². The highest BCUT2D eigenvalue weighted by Crippen LogP contribution is 2.13. The van der Waals surface area contributed by atoms with Crippen LogP contribution in [0.25, 0.3) is 0 Å². The van der Waals surface area contributed by atoms with E-state index in [1.54, 1.807) is 0 Å². The molecular weight excluding hydrogens is 241 g/mol. The normalized spacial score (nSPS) is 12.1. The van der Waals surface area contributed by atoms with Gasteiger partial charge in [0.2, 0.25) is 0 Å². The third-order valence-corrected chi connectivity index (χ3v) is 1.65. The van der Waals surface area contributed by atoms with E-state index >= 15 is 0 Å². The molecule has 4 nitrogen and oxygen atoms in total. The molecule has 1 unspecified atom stereocenters. The van der Waals surface area contributed by atoms with E-state index in [0.29, 0.717) is 6.61 Å². The van der Waals surface area contributed by atoms with Crippen molar-refractivity contribution in [2.75, 3.05) is 6.61 Å². The molecule has 0 fully saturated rings. The number of carbonyl (C=O) groups is 2. The number of carboxylic acids is 1. The second kappa shape index (κ2) is 8.83. The van der Waals surface area contributed by atoms with E-state index in [1.807, 2.05) is 13.8 Å². The number of hydrogen-bond donors (Lipinski definition) is 1. The van der Waals surface area contributed by atoms with Crippen LogP contribution in [-0.4, -0.2) is 29.8 Å². The zero-order valence-electron chi connectivity index (χ0n) is 10.0. The van der Waals surface area contributed by atoms with Crippen LogP contribution in [0.4, 0.5) is 13.2 Å². The van der Waals surface area contributed by atoms with E-state index in [9.17, 15) is 18.0 Å². The highest BCUT2D eigenvalue weighted by molar-refractivity contribution is 5.73. The van der Waals surface area contributed by atoms with Gasteiger partial charge < -0.3 is 9.84 Å². The first-order valence-corrected chi connectivity index (χ1v) is 5.13. The Bertz CT molecular complexity index is 238. The third-order valence-electron chi connectivity index (χ3n) is 1.65. The maximum Gasteiger partial charge on any atom is 0.490 e. The fourth-order valence-electron chi connectivity index (χ4n) is 0.835. The number of halogens is 3. The Morgan fingerprint density at radius 3 is 1.94 bits per heavy atom. The molecule has 0 saturated heterocycles. The van der Waals surface area contributed by atoms with Gasteiger partial charge in [-0.2, -0.15) is 13.2 Å². The molecule has 0 rings (SSSR count). The molecule has 0 radical (unpaired) electrons. The van der Waals surface area contributed by atoms with Gasteiger partial charge in [-0.1, -0.05) is 20.3 Å². The van der Waals surface area contributed by atoms with Crippen LogP contribution < -0.4 is 0 Å². The zero-order valence-corrected chi connectivity index (χ0v) is 10.0. The monoisotopic (exact) mass is 258 g/mol. The predicted molar refractivity (Wildman–Crippen MR) is 54.4 cm³/mol. The van der Waals surface area contributed by atoms with Gasteiger partial charge in [0, 0.05) is 0 Å². The van der Waals surface area contributed by atoms with Gasteiger partial charge in [0.15, 0.2) is 0 Å². The molecule has 0 spiro atoms. The van der Waals surface area contributed by atoms with Crippen molar-refractivity contribution in [3.63, 3.8) is 0 Å². The summed E-state index contributed by atoms with van der Waals surface area (Å²) >= 11 is 0. The Hall–Kier alpha value is -1.27. The summed E-state index contributed by atoms with van der Waals surface area (Å²) in [4.78, 5) is 19.8. The number of hydrogen-bond acceptors (Lipinski definition) is 3. The second-order valence-electron chi connectivity index (χ2n) is 3.24. The van der Waals surface area contributed by atoms with Gasteiger partial charge in [-0.3, -0.25) is 4.79 Å². The van der Waals surface area contributed by atoms with Crippen molar-refractivity contribution in [2.24, 2.45) is 5.92 Å². The molecule has 0 aliphatic heterocycles. The number of carbonyl (C=O) groups excluding carboxylic acids is 1. The van der Waals surface area contributed by atoms with Crippen molar-refractivity contribution in [2.45, 2.75) is 39.8 Å². The van der Waals surface area contributed by atoms with Gasteiger partial charge in [0.1, 0.15) is 0 Å². The molecule has 7 heteroatoms. The minimum atomic E-state index is -5.08. The Morgan fingerprint density at radius 2 is 1.71 bits per heavy atom. The average Bonchev–Trinajstić information content (AvgIpc) is 2.18. The smallest absolute Gasteiger partial charge is 0.475 e. The van der Waals surface area contributed by atoms with Gasteiger partial charge in [-0.15, -0.1) is 0 Å². The summed E-state index contributed by atoms with van der Waals surface area (Å²) in [6, 6.07) is 0. The largest absolute Gasteiger partial charge is 0.490 e. The molecule has 0 aliphatic carbocycles. The molecule has 102 valence electrons. The molecule has 0 aromatic carbocycles. The first-order valence-electron chi connectivity index (χ1n) is 5.13. The highest BCUT2D eigenvalue weighted by Gasteiger charge is 2.38. The number of aliphatic carboxylic acids is 1. The van der Waals surface area contributed by atoms with Crippen LogP contribution >= 0.6 is 0 Å². The van der Waals surface area contributed by atoms with E-state index < -0.39 is 12.1 Å². The Labute approximate surface area is 97.8 Å². The van der Waals surface area contributed by atoms with E-state index in [-0.39, 0.29) is 11.9 Å². The number of rotatable bonds is 4. The fourth-order valence-corrected chi connectivity index (χ4v) is 0.835. The zero-order chi connectivity index (χ0) is 14.1. The lowest BCUT2D eigenvalue weighted by atomic mass is 10.1. The summed E-state index contributed by atoms with van der Waals surface area (Å²) in [6.07, 6.45) is -3.11. The molecule has 0 heterocycles. The summed E-state index contributed by atoms with van der Waals surface area (Å²) in [5.74, 6) is -2.75. The predicted octanol–water partition coefficient (Wildman–Crippen LogP) is 2.62. The van der Waals surface area contributed by atoms with Gasteiger partial charge in [-0.05, 0) is 13.3 Å². The minimum Gasteiger partial charge on any atom is -0.475 e. The first-order chi connectivity index (χ1) is 7.66. The molecule has 0 bridgehead atoms. The van der Waals surface area contributed by atoms with Crippen LogP contribution in [0, 0.1) is 5.92 Å². The van der Waals surface area contributed by atoms with Crippen LogP contribution in [0.5, 0.6) is 0 Å². The molecule has 0 aromatic heterocycles. The van der Waals surface area contributed by atoms with Crippen molar-refractivity contribution in [3.05, 3.63) is 0 Å². The van der Waals surface area contributed by atoms with E-state index in [2.05, 4.69) is 6.92 Å². The summed E-state index contributed by atoms with van der Waals surface area (Å²) in [7, 11) is 0.